The van der Waals surface area contributed by atoms with Crippen molar-refractivity contribution < 1.29 is 0 Å². The monoisotopic (exact) mass is 652 g/mol. The smallest absolute Gasteiger partial charge is 0.188 e. The zero-order chi connectivity index (χ0) is 34.1. The molecule has 0 radical (unpaired) electrons. The van der Waals surface area contributed by atoms with Crippen LogP contribution >= 0.6 is 0 Å². The first kappa shape index (κ1) is 30.4. The van der Waals surface area contributed by atoms with Gasteiger partial charge in [0.15, 0.2) is 13.8 Å². The normalized spacial score (nSPS) is 11.1. The summed E-state index contributed by atoms with van der Waals surface area (Å²) in [5.41, 5.74) is 6.68. The SMILES string of the molecule is [C-]#[N+]c1ccc2c(c1)c1cc(C#N)ccc1n2-c1ccc(-c2ccc([Si](c3ccccc3)(c3ccccc3)c3ccccc3)c(C#N)c2)cc1. The average Bonchev–Trinajstić information content (AvgIpc) is 3.52. The maximum Gasteiger partial charge on any atom is 0.188 e. The Balaban J connectivity index is 1.27. The van der Waals surface area contributed by atoms with E-state index in [1.165, 1.54) is 15.6 Å². The Kier molecular flexibility index (Phi) is 7.63. The predicted molar refractivity (Wildman–Crippen MR) is 206 cm³/mol. The van der Waals surface area contributed by atoms with Gasteiger partial charge in [-0.25, -0.2) is 4.85 Å². The van der Waals surface area contributed by atoms with Gasteiger partial charge in [-0.15, -0.1) is 0 Å². The lowest BCUT2D eigenvalue weighted by Gasteiger charge is -2.35. The van der Waals surface area contributed by atoms with Crippen molar-refractivity contribution in [3.05, 3.63) is 192 Å². The Morgan fingerprint density at radius 3 is 1.60 bits per heavy atom. The first-order chi connectivity index (χ1) is 24.6. The number of nitrogens with zero attached hydrogens (tertiary/aromatic N) is 4. The summed E-state index contributed by atoms with van der Waals surface area (Å²) in [5.74, 6) is 0. The minimum atomic E-state index is -2.87. The molecule has 0 spiro atoms. The van der Waals surface area contributed by atoms with E-state index >= 15 is 0 Å². The van der Waals surface area contributed by atoms with Crippen molar-refractivity contribution in [1.82, 2.24) is 4.57 Å². The summed E-state index contributed by atoms with van der Waals surface area (Å²) in [7, 11) is -2.87. The molecule has 0 aliphatic carbocycles. The molecule has 5 heteroatoms. The minimum Gasteiger partial charge on any atom is -0.309 e. The first-order valence-corrected chi connectivity index (χ1v) is 18.3. The molecule has 8 rings (SSSR count). The quantitative estimate of drug-likeness (QED) is 0.104. The highest BCUT2D eigenvalue weighted by atomic mass is 28.3. The zero-order valence-corrected chi connectivity index (χ0v) is 28.0. The van der Waals surface area contributed by atoms with Crippen molar-refractivity contribution in [2.24, 2.45) is 0 Å². The maximum atomic E-state index is 10.8. The summed E-state index contributed by atoms with van der Waals surface area (Å²) >= 11 is 0. The van der Waals surface area contributed by atoms with Gasteiger partial charge in [0.05, 0.1) is 40.9 Å². The Morgan fingerprint density at radius 2 is 1.06 bits per heavy atom. The van der Waals surface area contributed by atoms with Gasteiger partial charge in [-0.3, -0.25) is 0 Å². The molecule has 8 aromatic rings. The van der Waals surface area contributed by atoms with Crippen LogP contribution in [0.4, 0.5) is 5.69 Å². The molecule has 0 saturated heterocycles. The highest BCUT2D eigenvalue weighted by molar-refractivity contribution is 7.20. The molecular formula is C45H28N4Si. The van der Waals surface area contributed by atoms with Crippen molar-refractivity contribution in [2.45, 2.75) is 0 Å². The molecule has 7 aromatic carbocycles. The Hall–Kier alpha value is -6.97. The van der Waals surface area contributed by atoms with Crippen molar-refractivity contribution in [3.63, 3.8) is 0 Å². The highest BCUT2D eigenvalue weighted by Gasteiger charge is 2.43. The lowest BCUT2D eigenvalue weighted by atomic mass is 10.0. The van der Waals surface area contributed by atoms with Gasteiger partial charge in [-0.05, 0) is 85.8 Å². The van der Waals surface area contributed by atoms with Gasteiger partial charge < -0.3 is 4.57 Å². The molecular weight excluding hydrogens is 625 g/mol. The Morgan fingerprint density at radius 1 is 0.520 bits per heavy atom. The molecule has 0 bridgehead atoms. The van der Waals surface area contributed by atoms with E-state index in [0.717, 1.165) is 43.8 Å². The standard InChI is InChI=1S/C45H28N4Si/c1-48-36-21-25-44-42(29-36)41-27-32(30-46)17-24-43(41)49(44)37-22-18-33(19-23-37)34-20-26-45(35(28-34)31-47)50(38-11-5-2-6-12-38,39-13-7-3-8-14-39)40-15-9-4-10-16-40/h2-29H. The fourth-order valence-corrected chi connectivity index (χ4v) is 12.3. The second-order valence-electron chi connectivity index (χ2n) is 12.3. The molecule has 0 amide bonds. The van der Waals surface area contributed by atoms with Gasteiger partial charge in [0.25, 0.3) is 0 Å². The van der Waals surface area contributed by atoms with E-state index in [2.05, 4.69) is 131 Å². The number of rotatable bonds is 6. The van der Waals surface area contributed by atoms with E-state index in [4.69, 9.17) is 6.57 Å². The zero-order valence-electron chi connectivity index (χ0n) is 27.0. The van der Waals surface area contributed by atoms with Crippen LogP contribution in [0.25, 0.3) is 43.5 Å². The van der Waals surface area contributed by atoms with Crippen LogP contribution in [0.5, 0.6) is 0 Å². The highest BCUT2D eigenvalue weighted by Crippen LogP contribution is 2.35. The van der Waals surface area contributed by atoms with Gasteiger partial charge in [0.2, 0.25) is 0 Å². The van der Waals surface area contributed by atoms with Crippen LogP contribution in [0.1, 0.15) is 11.1 Å². The largest absolute Gasteiger partial charge is 0.309 e. The number of fused-ring (bicyclic) bond motifs is 3. The van der Waals surface area contributed by atoms with Crippen LogP contribution in [0, 0.1) is 29.2 Å². The van der Waals surface area contributed by atoms with Crippen LogP contribution in [0.15, 0.2) is 170 Å². The predicted octanol–water partition coefficient (Wildman–Crippen LogP) is 8.12. The molecule has 0 N–H and O–H groups in total. The molecule has 0 unspecified atom stereocenters. The van der Waals surface area contributed by atoms with Crippen LogP contribution < -0.4 is 20.7 Å². The summed E-state index contributed by atoms with van der Waals surface area (Å²) in [6, 6.07) is 62.9. The summed E-state index contributed by atoms with van der Waals surface area (Å²) in [6.07, 6.45) is 0. The lowest BCUT2D eigenvalue weighted by molar-refractivity contribution is 1.18. The maximum absolute atomic E-state index is 10.8. The van der Waals surface area contributed by atoms with Crippen LogP contribution in [0.2, 0.25) is 0 Å². The van der Waals surface area contributed by atoms with Crippen LogP contribution in [0.3, 0.4) is 0 Å². The molecule has 0 atom stereocenters. The second-order valence-corrected chi connectivity index (χ2v) is 16.0. The molecule has 50 heavy (non-hydrogen) atoms. The van der Waals surface area contributed by atoms with E-state index < -0.39 is 8.07 Å². The second kappa shape index (κ2) is 12.6. The fraction of sp³-hybridized carbons (Fsp3) is 0. The first-order valence-electron chi connectivity index (χ1n) is 16.3. The summed E-state index contributed by atoms with van der Waals surface area (Å²) in [4.78, 5) is 3.64. The van der Waals surface area contributed by atoms with Gasteiger partial charge in [0, 0.05) is 11.1 Å². The third-order valence-corrected chi connectivity index (χ3v) is 14.5. The van der Waals surface area contributed by atoms with Crippen LogP contribution in [-0.2, 0) is 0 Å². The van der Waals surface area contributed by atoms with E-state index in [1.807, 2.05) is 60.7 Å². The molecule has 1 aromatic heterocycles. The number of hydrogen-bond acceptors (Lipinski definition) is 2. The number of hydrogen-bond donors (Lipinski definition) is 0. The van der Waals surface area contributed by atoms with Crippen molar-refractivity contribution in [1.29, 1.82) is 10.5 Å². The fourth-order valence-electron chi connectivity index (χ4n) is 7.41. The summed E-state index contributed by atoms with van der Waals surface area (Å²) in [5, 5.41) is 27.0. The molecule has 4 nitrogen and oxygen atoms in total. The molecule has 0 fully saturated rings. The number of aromatic nitrogens is 1. The molecule has 0 aliphatic heterocycles. The number of benzene rings is 7. The molecule has 0 aliphatic rings. The third-order valence-electron chi connectivity index (χ3n) is 9.63. The Labute approximate surface area is 291 Å². The van der Waals surface area contributed by atoms with Crippen molar-refractivity contribution in [3.8, 4) is 29.0 Å². The van der Waals surface area contributed by atoms with Crippen molar-refractivity contribution in [2.75, 3.05) is 0 Å². The molecule has 0 saturated carbocycles. The van der Waals surface area contributed by atoms with Crippen LogP contribution in [-0.4, -0.2) is 12.6 Å². The lowest BCUT2D eigenvalue weighted by Crippen LogP contribution is -2.75. The summed E-state index contributed by atoms with van der Waals surface area (Å²) < 4.78 is 2.17. The minimum absolute atomic E-state index is 0.560. The number of nitriles is 2. The van der Waals surface area contributed by atoms with E-state index in [9.17, 15) is 10.5 Å². The van der Waals surface area contributed by atoms with Gasteiger partial charge in [-0.2, -0.15) is 10.5 Å². The average molecular weight is 653 g/mol. The van der Waals surface area contributed by atoms with Crippen molar-refractivity contribution >= 4 is 56.3 Å². The molecule has 1 heterocycles. The van der Waals surface area contributed by atoms with E-state index in [0.29, 0.717) is 16.8 Å². The van der Waals surface area contributed by atoms with Gasteiger partial charge >= 0.3 is 0 Å². The van der Waals surface area contributed by atoms with Gasteiger partial charge in [0.1, 0.15) is 0 Å². The van der Waals surface area contributed by atoms with E-state index in [-0.39, 0.29) is 0 Å². The third kappa shape index (κ3) is 4.88. The summed E-state index contributed by atoms with van der Waals surface area (Å²) in [6.45, 7) is 7.54. The molecule has 232 valence electrons. The van der Waals surface area contributed by atoms with E-state index in [1.54, 1.807) is 0 Å². The van der Waals surface area contributed by atoms with Gasteiger partial charge in [-0.1, -0.05) is 121 Å². The topological polar surface area (TPSA) is 56.9 Å². The Bertz CT molecular complexity index is 2490.